The highest BCUT2D eigenvalue weighted by atomic mass is 16.6. The van der Waals surface area contributed by atoms with Crippen LogP contribution in [0.3, 0.4) is 0 Å². The first-order valence-electron chi connectivity index (χ1n) is 5.84. The summed E-state index contributed by atoms with van der Waals surface area (Å²) in [5, 5.41) is 10.7. The molecule has 21 heavy (non-hydrogen) atoms. The molecular formula is C13H13NO7. The number of rotatable bonds is 6. The quantitative estimate of drug-likeness (QED) is 0.254. The number of esters is 2. The molecule has 0 aliphatic carbocycles. The second kappa shape index (κ2) is 7.13. The van der Waals surface area contributed by atoms with Crippen molar-refractivity contribution in [3.8, 4) is 0 Å². The Bertz CT molecular complexity index is 566. The van der Waals surface area contributed by atoms with Crippen LogP contribution in [0.2, 0.25) is 0 Å². The summed E-state index contributed by atoms with van der Waals surface area (Å²) in [6.45, 7) is 0. The lowest BCUT2D eigenvalue weighted by molar-refractivity contribution is -0.384. The van der Waals surface area contributed by atoms with Crippen molar-refractivity contribution in [1.82, 2.24) is 0 Å². The van der Waals surface area contributed by atoms with Crippen LogP contribution in [-0.2, 0) is 19.1 Å². The molecule has 0 N–H and O–H groups in total. The SMILES string of the molecule is COC(=O)C(CC(=O)c1cccc([N+](=O)[O-])c1)C(=O)OC. The molecule has 0 fully saturated rings. The van der Waals surface area contributed by atoms with Gasteiger partial charge in [-0.05, 0) is 0 Å². The van der Waals surface area contributed by atoms with Crippen LogP contribution in [-0.4, -0.2) is 36.9 Å². The fourth-order valence-electron chi connectivity index (χ4n) is 1.64. The second-order valence-corrected chi connectivity index (χ2v) is 4.03. The molecule has 1 aromatic rings. The Morgan fingerprint density at radius 3 is 2.24 bits per heavy atom. The van der Waals surface area contributed by atoms with E-state index in [1.807, 2.05) is 0 Å². The summed E-state index contributed by atoms with van der Waals surface area (Å²) in [5.74, 6) is -3.80. The fraction of sp³-hybridized carbons (Fsp3) is 0.308. The monoisotopic (exact) mass is 295 g/mol. The van der Waals surface area contributed by atoms with Gasteiger partial charge in [-0.15, -0.1) is 0 Å². The van der Waals surface area contributed by atoms with E-state index in [9.17, 15) is 24.5 Å². The van der Waals surface area contributed by atoms with Crippen LogP contribution >= 0.6 is 0 Å². The third-order valence-electron chi connectivity index (χ3n) is 2.74. The maximum atomic E-state index is 12.0. The molecule has 112 valence electrons. The topological polar surface area (TPSA) is 113 Å². The van der Waals surface area contributed by atoms with Crippen LogP contribution in [0.15, 0.2) is 24.3 Å². The molecule has 0 bridgehead atoms. The number of hydrogen-bond acceptors (Lipinski definition) is 7. The van der Waals surface area contributed by atoms with Gasteiger partial charge in [0, 0.05) is 24.1 Å². The van der Waals surface area contributed by atoms with E-state index in [1.54, 1.807) is 0 Å². The van der Waals surface area contributed by atoms with E-state index in [4.69, 9.17) is 0 Å². The van der Waals surface area contributed by atoms with E-state index >= 15 is 0 Å². The molecule has 1 aromatic carbocycles. The van der Waals surface area contributed by atoms with Crippen molar-refractivity contribution in [3.63, 3.8) is 0 Å². The molecule has 0 unspecified atom stereocenters. The molecule has 0 amide bonds. The first-order chi connectivity index (χ1) is 9.90. The zero-order valence-corrected chi connectivity index (χ0v) is 11.4. The molecule has 0 saturated carbocycles. The molecule has 0 aliphatic rings. The Labute approximate surface area is 119 Å². The Hall–Kier alpha value is -2.77. The number of Topliss-reactive ketones (excluding diaryl/α,β-unsaturated/α-hetero) is 1. The smallest absolute Gasteiger partial charge is 0.320 e. The van der Waals surface area contributed by atoms with Gasteiger partial charge in [0.25, 0.3) is 5.69 Å². The van der Waals surface area contributed by atoms with E-state index in [0.29, 0.717) is 0 Å². The number of non-ortho nitro benzene ring substituents is 1. The van der Waals surface area contributed by atoms with Gasteiger partial charge in [-0.25, -0.2) is 0 Å². The van der Waals surface area contributed by atoms with Gasteiger partial charge in [0.05, 0.1) is 19.1 Å². The van der Waals surface area contributed by atoms with Gasteiger partial charge in [-0.3, -0.25) is 24.5 Å². The number of nitro benzene ring substituents is 1. The van der Waals surface area contributed by atoms with Gasteiger partial charge < -0.3 is 9.47 Å². The average molecular weight is 295 g/mol. The van der Waals surface area contributed by atoms with Crippen molar-refractivity contribution in [2.45, 2.75) is 6.42 Å². The number of ether oxygens (including phenoxy) is 2. The van der Waals surface area contributed by atoms with E-state index < -0.39 is 35.0 Å². The molecule has 1 rings (SSSR count). The number of benzene rings is 1. The molecule has 0 spiro atoms. The van der Waals surface area contributed by atoms with Gasteiger partial charge in [0.1, 0.15) is 0 Å². The van der Waals surface area contributed by atoms with E-state index in [2.05, 4.69) is 9.47 Å². The van der Waals surface area contributed by atoms with Crippen molar-refractivity contribution in [2.24, 2.45) is 5.92 Å². The van der Waals surface area contributed by atoms with Crippen LogP contribution in [0, 0.1) is 16.0 Å². The first-order valence-corrected chi connectivity index (χ1v) is 5.84. The number of hydrogen-bond donors (Lipinski definition) is 0. The highest BCUT2D eigenvalue weighted by Gasteiger charge is 2.31. The summed E-state index contributed by atoms with van der Waals surface area (Å²) in [6.07, 6.45) is -0.486. The third-order valence-corrected chi connectivity index (χ3v) is 2.74. The maximum absolute atomic E-state index is 12.0. The Morgan fingerprint density at radius 1 is 1.19 bits per heavy atom. The summed E-state index contributed by atoms with van der Waals surface area (Å²) < 4.78 is 8.87. The van der Waals surface area contributed by atoms with Crippen molar-refractivity contribution in [3.05, 3.63) is 39.9 Å². The minimum Gasteiger partial charge on any atom is -0.468 e. The van der Waals surface area contributed by atoms with Crippen molar-refractivity contribution in [2.75, 3.05) is 14.2 Å². The van der Waals surface area contributed by atoms with Crippen LogP contribution in [0.25, 0.3) is 0 Å². The summed E-state index contributed by atoms with van der Waals surface area (Å²) in [7, 11) is 2.16. The molecule has 0 radical (unpaired) electrons. The van der Waals surface area contributed by atoms with Crippen molar-refractivity contribution in [1.29, 1.82) is 0 Å². The first kappa shape index (κ1) is 16.3. The molecule has 0 aliphatic heterocycles. The predicted molar refractivity (Wildman–Crippen MR) is 69.6 cm³/mol. The van der Waals surface area contributed by atoms with Crippen LogP contribution < -0.4 is 0 Å². The summed E-state index contributed by atoms with van der Waals surface area (Å²) in [4.78, 5) is 45.0. The highest BCUT2D eigenvalue weighted by molar-refractivity contribution is 6.04. The standard InChI is InChI=1S/C13H13NO7/c1-20-12(16)10(13(17)21-2)7-11(15)8-4-3-5-9(6-8)14(18)19/h3-6,10H,7H2,1-2H3. The molecule has 8 nitrogen and oxygen atoms in total. The fourth-order valence-corrected chi connectivity index (χ4v) is 1.64. The molecule has 0 atom stereocenters. The Balaban J connectivity index is 2.96. The minimum absolute atomic E-state index is 0.0296. The largest absolute Gasteiger partial charge is 0.468 e. The van der Waals surface area contributed by atoms with E-state index in [0.717, 1.165) is 20.3 Å². The van der Waals surface area contributed by atoms with Gasteiger partial charge in [-0.2, -0.15) is 0 Å². The normalized spacial score (nSPS) is 10.0. The lowest BCUT2D eigenvalue weighted by Gasteiger charge is -2.11. The van der Waals surface area contributed by atoms with E-state index in [-0.39, 0.29) is 11.3 Å². The average Bonchev–Trinajstić information content (AvgIpc) is 2.50. The number of nitro groups is 1. The van der Waals surface area contributed by atoms with Crippen molar-refractivity contribution >= 4 is 23.4 Å². The molecular weight excluding hydrogens is 282 g/mol. The third kappa shape index (κ3) is 4.10. The number of nitrogens with zero attached hydrogens (tertiary/aromatic N) is 1. The maximum Gasteiger partial charge on any atom is 0.320 e. The lowest BCUT2D eigenvalue weighted by Crippen LogP contribution is -2.29. The molecule has 0 heterocycles. The van der Waals surface area contributed by atoms with Gasteiger partial charge in [0.15, 0.2) is 11.7 Å². The number of methoxy groups -OCH3 is 2. The number of ketones is 1. The lowest BCUT2D eigenvalue weighted by atomic mass is 9.98. The van der Waals surface area contributed by atoms with Gasteiger partial charge in [-0.1, -0.05) is 12.1 Å². The number of carbonyl (C=O) groups excluding carboxylic acids is 3. The van der Waals surface area contributed by atoms with Gasteiger partial charge >= 0.3 is 11.9 Å². The summed E-state index contributed by atoms with van der Waals surface area (Å²) in [5.41, 5.74) is -0.226. The Morgan fingerprint density at radius 2 is 1.76 bits per heavy atom. The predicted octanol–water partition coefficient (Wildman–Crippen LogP) is 1.13. The zero-order chi connectivity index (χ0) is 16.0. The van der Waals surface area contributed by atoms with Gasteiger partial charge in [0.2, 0.25) is 0 Å². The van der Waals surface area contributed by atoms with Crippen LogP contribution in [0.5, 0.6) is 0 Å². The molecule has 0 aromatic heterocycles. The van der Waals surface area contributed by atoms with Crippen LogP contribution in [0.1, 0.15) is 16.8 Å². The second-order valence-electron chi connectivity index (χ2n) is 4.03. The van der Waals surface area contributed by atoms with E-state index in [1.165, 1.54) is 18.2 Å². The molecule has 8 heteroatoms. The summed E-state index contributed by atoms with van der Waals surface area (Å²) in [6, 6.07) is 5.01. The number of carbonyl (C=O) groups is 3. The zero-order valence-electron chi connectivity index (χ0n) is 11.4. The van der Waals surface area contributed by atoms with Crippen LogP contribution in [0.4, 0.5) is 5.69 Å². The highest BCUT2D eigenvalue weighted by Crippen LogP contribution is 2.18. The molecule has 0 saturated heterocycles. The minimum atomic E-state index is -1.40. The Kier molecular flexibility index (Phi) is 5.53. The van der Waals surface area contributed by atoms with Crippen molar-refractivity contribution < 1.29 is 28.8 Å². The summed E-state index contributed by atoms with van der Waals surface area (Å²) >= 11 is 0.